The van der Waals surface area contributed by atoms with Crippen LogP contribution in [0.25, 0.3) is 0 Å². The molecule has 0 aromatic heterocycles. The molecule has 2 atom stereocenters. The molecule has 1 fully saturated rings. The Morgan fingerprint density at radius 2 is 1.02 bits per heavy atom. The molecule has 0 spiro atoms. The summed E-state index contributed by atoms with van der Waals surface area (Å²) in [7, 11) is 0. The second-order valence-corrected chi connectivity index (χ2v) is 20.6. The average Bonchev–Trinajstić information content (AvgIpc) is 3.30. The van der Waals surface area contributed by atoms with Crippen molar-refractivity contribution in [2.45, 2.75) is 181 Å². The minimum absolute atomic E-state index is 0.00763. The summed E-state index contributed by atoms with van der Waals surface area (Å²) in [6, 6.07) is 7.77. The number of hydrogen-bond acceptors (Lipinski definition) is 0. The average molecular weight is 591 g/mol. The van der Waals surface area contributed by atoms with Crippen LogP contribution in [0.5, 0.6) is 0 Å². The highest BCUT2D eigenvalue weighted by Gasteiger charge is 2.64. The third-order valence-corrected chi connectivity index (χ3v) is 13.3. The quantitative estimate of drug-likeness (QED) is 0.225. The van der Waals surface area contributed by atoms with Crippen molar-refractivity contribution in [2.75, 3.05) is 0 Å². The number of benzene rings is 1. The maximum absolute atomic E-state index is 2.63. The Balaban J connectivity index is 2.63. The molecule has 2 unspecified atom stereocenters. The van der Waals surface area contributed by atoms with E-state index in [-0.39, 0.29) is 48.7 Å². The summed E-state index contributed by atoms with van der Waals surface area (Å²) in [5.74, 6) is 0. The lowest BCUT2D eigenvalue weighted by Gasteiger charge is -2.51. The third kappa shape index (κ3) is 7.41. The molecule has 0 nitrogen and oxygen atoms in total. The van der Waals surface area contributed by atoms with E-state index in [1.807, 2.05) is 0 Å². The van der Waals surface area contributed by atoms with Crippen LogP contribution in [0.2, 0.25) is 0 Å². The summed E-state index contributed by atoms with van der Waals surface area (Å²) in [5, 5.41) is 0. The Morgan fingerprint density at radius 1 is 0.605 bits per heavy atom. The molecule has 246 valence electrons. The second kappa shape index (κ2) is 11.2. The first kappa shape index (κ1) is 37.9. The maximum atomic E-state index is 2.63. The zero-order valence-electron chi connectivity index (χ0n) is 33.0. The third-order valence-electron chi connectivity index (χ3n) is 13.3. The molecule has 0 heterocycles. The Labute approximate surface area is 271 Å². The van der Waals surface area contributed by atoms with Gasteiger partial charge in [-0.25, -0.2) is 0 Å². The van der Waals surface area contributed by atoms with E-state index < -0.39 is 0 Å². The van der Waals surface area contributed by atoms with Crippen molar-refractivity contribution in [3.63, 3.8) is 0 Å². The van der Waals surface area contributed by atoms with Gasteiger partial charge in [-0.2, -0.15) is 0 Å². The molecule has 0 saturated heterocycles. The van der Waals surface area contributed by atoms with E-state index in [9.17, 15) is 0 Å². The molecule has 1 aromatic carbocycles. The molecule has 0 aliphatic heterocycles. The molecule has 0 bridgehead atoms. The van der Waals surface area contributed by atoms with Gasteiger partial charge in [0.1, 0.15) is 0 Å². The van der Waals surface area contributed by atoms with Crippen molar-refractivity contribution in [3.05, 3.63) is 58.2 Å². The van der Waals surface area contributed by atoms with Crippen molar-refractivity contribution in [1.82, 2.24) is 0 Å². The highest BCUT2D eigenvalue weighted by atomic mass is 14.7. The predicted octanol–water partition coefficient (Wildman–Crippen LogP) is 13.8. The van der Waals surface area contributed by atoms with Crippen LogP contribution in [-0.4, -0.2) is 0 Å². The van der Waals surface area contributed by atoms with E-state index in [1.54, 1.807) is 5.56 Å². The van der Waals surface area contributed by atoms with Crippen molar-refractivity contribution in [1.29, 1.82) is 0 Å². The SMILES string of the molecule is CC(C)=CC(C)(C)C(C)(C)CC(C)(C)C(C)(C)c1cc(C(C)(C)C)cc(C2(C)CC2(C)CC(C)(C)C(C)(C)C=C(C)C)c1. The van der Waals surface area contributed by atoms with Gasteiger partial charge in [-0.3, -0.25) is 0 Å². The Bertz CT molecular complexity index is 1220. The van der Waals surface area contributed by atoms with Gasteiger partial charge in [-0.15, -0.1) is 0 Å². The highest BCUT2D eigenvalue weighted by molar-refractivity contribution is 5.46. The van der Waals surface area contributed by atoms with Crippen LogP contribution in [0.15, 0.2) is 41.5 Å². The van der Waals surface area contributed by atoms with Crippen LogP contribution in [-0.2, 0) is 16.2 Å². The van der Waals surface area contributed by atoms with Crippen molar-refractivity contribution in [3.8, 4) is 0 Å². The van der Waals surface area contributed by atoms with Gasteiger partial charge in [0.15, 0.2) is 0 Å². The Kier molecular flexibility index (Phi) is 9.86. The van der Waals surface area contributed by atoms with Crippen molar-refractivity contribution >= 4 is 0 Å². The highest BCUT2D eigenvalue weighted by Crippen LogP contribution is 2.70. The number of rotatable bonds is 11. The van der Waals surface area contributed by atoms with Gasteiger partial charge in [0, 0.05) is 0 Å². The predicted molar refractivity (Wildman–Crippen MR) is 195 cm³/mol. The summed E-state index contributed by atoms with van der Waals surface area (Å²) in [4.78, 5) is 0. The van der Waals surface area contributed by atoms with Crippen molar-refractivity contribution < 1.29 is 0 Å². The molecule has 0 N–H and O–H groups in total. The van der Waals surface area contributed by atoms with E-state index in [1.165, 1.54) is 35.1 Å². The largest absolute Gasteiger partial charge is 0.0799 e. The minimum atomic E-state index is 0.00763. The van der Waals surface area contributed by atoms with Crippen LogP contribution in [0.4, 0.5) is 0 Å². The topological polar surface area (TPSA) is 0 Å². The van der Waals surface area contributed by atoms with Gasteiger partial charge in [0.05, 0.1) is 0 Å². The lowest BCUT2D eigenvalue weighted by atomic mass is 9.53. The van der Waals surface area contributed by atoms with E-state index >= 15 is 0 Å². The zero-order valence-corrected chi connectivity index (χ0v) is 33.0. The molecule has 2 rings (SSSR count). The van der Waals surface area contributed by atoms with E-state index in [4.69, 9.17) is 0 Å². The fourth-order valence-electron chi connectivity index (χ4n) is 8.17. The van der Waals surface area contributed by atoms with E-state index in [0.717, 1.165) is 6.42 Å². The molecular weight excluding hydrogens is 516 g/mol. The van der Waals surface area contributed by atoms with Gasteiger partial charge >= 0.3 is 0 Å². The molecule has 1 aliphatic carbocycles. The monoisotopic (exact) mass is 591 g/mol. The molecule has 1 aliphatic rings. The maximum Gasteiger partial charge on any atom is -0.00153 e. The van der Waals surface area contributed by atoms with Crippen molar-refractivity contribution in [2.24, 2.45) is 32.5 Å². The van der Waals surface area contributed by atoms with Gasteiger partial charge in [0.2, 0.25) is 0 Å². The minimum Gasteiger partial charge on any atom is -0.0799 e. The first-order valence-corrected chi connectivity index (χ1v) is 17.3. The van der Waals surface area contributed by atoms with Crippen LogP contribution >= 0.6 is 0 Å². The Hall–Kier alpha value is -1.30. The Morgan fingerprint density at radius 3 is 1.44 bits per heavy atom. The molecule has 1 saturated carbocycles. The molecular formula is C43H74. The van der Waals surface area contributed by atoms with Crippen LogP contribution in [0.1, 0.15) is 181 Å². The number of hydrogen-bond donors (Lipinski definition) is 0. The van der Waals surface area contributed by atoms with Crippen LogP contribution in [0, 0.1) is 32.5 Å². The second-order valence-electron chi connectivity index (χ2n) is 20.6. The van der Waals surface area contributed by atoms with Gasteiger partial charge < -0.3 is 0 Å². The molecule has 43 heavy (non-hydrogen) atoms. The first-order valence-electron chi connectivity index (χ1n) is 17.3. The van der Waals surface area contributed by atoms with Gasteiger partial charge in [-0.05, 0) is 112 Å². The van der Waals surface area contributed by atoms with Crippen LogP contribution < -0.4 is 0 Å². The normalized spacial score (nSPS) is 22.3. The summed E-state index contributed by atoms with van der Waals surface area (Å²) in [6.07, 6.45) is 8.63. The standard InChI is InChI=1S/C43H74/c1-30(2)25-36(8,9)38(12,13)27-40(16,17)41(18,19)33-22-32(35(5,6)7)23-34(24-33)43(21)29-42(43,20)28-39(14,15)37(10,11)26-31(3)4/h22-26H,27-29H2,1-21H3. The molecule has 0 radical (unpaired) electrons. The molecule has 0 amide bonds. The summed E-state index contributed by atoms with van der Waals surface area (Å²) >= 11 is 0. The van der Waals surface area contributed by atoms with Crippen LogP contribution in [0.3, 0.4) is 0 Å². The fourth-order valence-corrected chi connectivity index (χ4v) is 8.17. The summed E-state index contributed by atoms with van der Waals surface area (Å²) < 4.78 is 0. The smallest absolute Gasteiger partial charge is 0.00153 e. The lowest BCUT2D eigenvalue weighted by molar-refractivity contribution is 0.0484. The van der Waals surface area contributed by atoms with Gasteiger partial charge in [0.25, 0.3) is 0 Å². The first-order chi connectivity index (χ1) is 18.8. The fraction of sp³-hybridized carbons (Fsp3) is 0.767. The summed E-state index contributed by atoms with van der Waals surface area (Å²) in [6.45, 7) is 51.0. The molecule has 0 heteroatoms. The number of allylic oxidation sites excluding steroid dienone is 4. The zero-order chi connectivity index (χ0) is 34.0. The van der Waals surface area contributed by atoms with E-state index in [0.29, 0.717) is 0 Å². The molecule has 1 aromatic rings. The summed E-state index contributed by atoms with van der Waals surface area (Å²) in [5.41, 5.74) is 8.67. The lowest BCUT2D eigenvalue weighted by Crippen LogP contribution is -2.44. The van der Waals surface area contributed by atoms with Gasteiger partial charge in [-0.1, -0.05) is 159 Å². The van der Waals surface area contributed by atoms with E-state index in [2.05, 4.69) is 176 Å².